The lowest BCUT2D eigenvalue weighted by Crippen LogP contribution is -2.45. The zero-order valence-electron chi connectivity index (χ0n) is 15.4. The van der Waals surface area contributed by atoms with Gasteiger partial charge in [-0.05, 0) is 36.9 Å². The first kappa shape index (κ1) is 18.2. The van der Waals surface area contributed by atoms with Gasteiger partial charge in [0.05, 0.1) is 0 Å². The lowest BCUT2D eigenvalue weighted by atomic mass is 9.93. The number of hydrogen-bond acceptors (Lipinski definition) is 3. The summed E-state index contributed by atoms with van der Waals surface area (Å²) in [4.78, 5) is 17.2. The van der Waals surface area contributed by atoms with E-state index in [0.29, 0.717) is 6.54 Å². The van der Waals surface area contributed by atoms with Gasteiger partial charge in [0.2, 0.25) is 5.91 Å². The number of nitrogens with zero attached hydrogens (tertiary/aromatic N) is 2. The van der Waals surface area contributed by atoms with Crippen LogP contribution in [0.4, 0.5) is 0 Å². The van der Waals surface area contributed by atoms with E-state index in [1.165, 1.54) is 24.2 Å². The standard InChI is InChI=1S/C21H31N3O/c1-2-23-12-14-24(15-13-23)17-19-10-8-18(9-11-19)16-22-21(25)20-6-4-3-5-7-20/h3-4,8-11,20H,2,5-7,12-17H2,1H3,(H,22,25)/t20-/m1/s1. The minimum absolute atomic E-state index is 0.158. The number of likely N-dealkylation sites (N-methyl/N-ethyl adjacent to an activating group) is 1. The molecule has 1 aromatic carbocycles. The highest BCUT2D eigenvalue weighted by Gasteiger charge is 2.18. The number of nitrogens with one attached hydrogen (secondary N) is 1. The number of rotatable bonds is 6. The number of carbonyl (C=O) groups is 1. The molecule has 0 spiro atoms. The predicted molar refractivity (Wildman–Crippen MR) is 102 cm³/mol. The summed E-state index contributed by atoms with van der Waals surface area (Å²) < 4.78 is 0. The van der Waals surface area contributed by atoms with Crippen LogP contribution in [0.15, 0.2) is 36.4 Å². The molecule has 4 heteroatoms. The van der Waals surface area contributed by atoms with E-state index in [9.17, 15) is 4.79 Å². The molecule has 0 radical (unpaired) electrons. The van der Waals surface area contributed by atoms with Crippen LogP contribution in [0.5, 0.6) is 0 Å². The maximum Gasteiger partial charge on any atom is 0.223 e. The Kier molecular flexibility index (Phi) is 6.65. The smallest absolute Gasteiger partial charge is 0.223 e. The van der Waals surface area contributed by atoms with Crippen molar-refractivity contribution >= 4 is 5.91 Å². The minimum Gasteiger partial charge on any atom is -0.352 e. The van der Waals surface area contributed by atoms with Crippen LogP contribution in [0.3, 0.4) is 0 Å². The Morgan fingerprint density at radius 2 is 1.72 bits per heavy atom. The second-order valence-corrected chi connectivity index (χ2v) is 7.23. The third kappa shape index (κ3) is 5.41. The largest absolute Gasteiger partial charge is 0.352 e. The summed E-state index contributed by atoms with van der Waals surface area (Å²) in [6.45, 7) is 9.72. The molecule has 0 unspecified atom stereocenters. The van der Waals surface area contributed by atoms with Crippen LogP contribution in [-0.2, 0) is 17.9 Å². The van der Waals surface area contributed by atoms with E-state index in [0.717, 1.165) is 45.4 Å². The summed E-state index contributed by atoms with van der Waals surface area (Å²) in [6.07, 6.45) is 7.19. The zero-order chi connectivity index (χ0) is 17.5. The van der Waals surface area contributed by atoms with Crippen molar-refractivity contribution in [2.24, 2.45) is 5.92 Å². The van der Waals surface area contributed by atoms with Crippen LogP contribution in [0.1, 0.15) is 37.3 Å². The molecule has 1 aliphatic heterocycles. The maximum atomic E-state index is 12.2. The van der Waals surface area contributed by atoms with Crippen molar-refractivity contribution in [1.82, 2.24) is 15.1 Å². The molecular weight excluding hydrogens is 310 g/mol. The van der Waals surface area contributed by atoms with Gasteiger partial charge >= 0.3 is 0 Å². The van der Waals surface area contributed by atoms with E-state index >= 15 is 0 Å². The summed E-state index contributed by atoms with van der Waals surface area (Å²) in [5.74, 6) is 0.355. The fourth-order valence-electron chi connectivity index (χ4n) is 3.65. The molecule has 136 valence electrons. The number of allylic oxidation sites excluding steroid dienone is 2. The molecular formula is C21H31N3O. The second-order valence-electron chi connectivity index (χ2n) is 7.23. The quantitative estimate of drug-likeness (QED) is 0.808. The second kappa shape index (κ2) is 9.16. The average Bonchev–Trinajstić information content (AvgIpc) is 2.68. The summed E-state index contributed by atoms with van der Waals surface area (Å²) in [7, 11) is 0. The van der Waals surface area contributed by atoms with Gasteiger partial charge in [0.1, 0.15) is 0 Å². The van der Waals surface area contributed by atoms with E-state index in [-0.39, 0.29) is 11.8 Å². The van der Waals surface area contributed by atoms with Crippen LogP contribution in [0, 0.1) is 5.92 Å². The van der Waals surface area contributed by atoms with E-state index in [1.807, 2.05) is 0 Å². The summed E-state index contributed by atoms with van der Waals surface area (Å²) >= 11 is 0. The number of amides is 1. The molecule has 1 heterocycles. The van der Waals surface area contributed by atoms with Gasteiger partial charge < -0.3 is 10.2 Å². The van der Waals surface area contributed by atoms with Gasteiger partial charge in [-0.15, -0.1) is 0 Å². The third-order valence-electron chi connectivity index (χ3n) is 5.45. The van der Waals surface area contributed by atoms with Crippen molar-refractivity contribution in [1.29, 1.82) is 0 Å². The van der Waals surface area contributed by atoms with Crippen molar-refractivity contribution in [3.8, 4) is 0 Å². The first-order valence-corrected chi connectivity index (χ1v) is 9.70. The molecule has 1 aromatic rings. The van der Waals surface area contributed by atoms with Gasteiger partial charge in [0, 0.05) is 45.2 Å². The number of benzene rings is 1. The number of piperazine rings is 1. The monoisotopic (exact) mass is 341 g/mol. The molecule has 0 aromatic heterocycles. The molecule has 1 fully saturated rings. The van der Waals surface area contributed by atoms with Crippen molar-refractivity contribution in [3.63, 3.8) is 0 Å². The first-order chi connectivity index (χ1) is 12.2. The Labute approximate surface area is 151 Å². The maximum absolute atomic E-state index is 12.2. The Balaban J connectivity index is 1.42. The molecule has 1 amide bonds. The van der Waals surface area contributed by atoms with E-state index < -0.39 is 0 Å². The molecule has 1 aliphatic carbocycles. The Morgan fingerprint density at radius 1 is 1.04 bits per heavy atom. The Bertz CT molecular complexity index is 573. The van der Waals surface area contributed by atoms with Crippen LogP contribution >= 0.6 is 0 Å². The number of hydrogen-bond donors (Lipinski definition) is 1. The van der Waals surface area contributed by atoms with Gasteiger partial charge in [-0.1, -0.05) is 43.3 Å². The van der Waals surface area contributed by atoms with Gasteiger partial charge in [-0.25, -0.2) is 0 Å². The number of carbonyl (C=O) groups excluding carboxylic acids is 1. The molecule has 0 bridgehead atoms. The van der Waals surface area contributed by atoms with E-state index in [2.05, 4.69) is 58.5 Å². The molecule has 1 N–H and O–H groups in total. The van der Waals surface area contributed by atoms with Crippen molar-refractivity contribution in [2.45, 2.75) is 39.3 Å². The topological polar surface area (TPSA) is 35.6 Å². The molecule has 0 saturated carbocycles. The predicted octanol–water partition coefficient (Wildman–Crippen LogP) is 2.80. The highest BCUT2D eigenvalue weighted by molar-refractivity contribution is 5.78. The van der Waals surface area contributed by atoms with E-state index in [4.69, 9.17) is 0 Å². The van der Waals surface area contributed by atoms with Crippen molar-refractivity contribution in [3.05, 3.63) is 47.5 Å². The Hall–Kier alpha value is -1.65. The minimum atomic E-state index is 0.158. The lowest BCUT2D eigenvalue weighted by molar-refractivity contribution is -0.125. The van der Waals surface area contributed by atoms with Gasteiger partial charge in [-0.3, -0.25) is 9.69 Å². The highest BCUT2D eigenvalue weighted by Crippen LogP contribution is 2.18. The van der Waals surface area contributed by atoms with Crippen LogP contribution in [0.2, 0.25) is 0 Å². The zero-order valence-corrected chi connectivity index (χ0v) is 15.4. The molecule has 1 atom stereocenters. The third-order valence-corrected chi connectivity index (χ3v) is 5.45. The summed E-state index contributed by atoms with van der Waals surface area (Å²) in [5.41, 5.74) is 2.54. The SMILES string of the molecule is CCN1CCN(Cc2ccc(CNC(=O)[C@@H]3CC=CCC3)cc2)CC1. The molecule has 1 saturated heterocycles. The fourth-order valence-corrected chi connectivity index (χ4v) is 3.65. The van der Waals surface area contributed by atoms with Crippen LogP contribution in [-0.4, -0.2) is 48.4 Å². The first-order valence-electron chi connectivity index (χ1n) is 9.70. The summed E-state index contributed by atoms with van der Waals surface area (Å²) in [5, 5.41) is 3.09. The van der Waals surface area contributed by atoms with Crippen molar-refractivity contribution < 1.29 is 4.79 Å². The van der Waals surface area contributed by atoms with Crippen LogP contribution in [0.25, 0.3) is 0 Å². The van der Waals surface area contributed by atoms with Crippen molar-refractivity contribution in [2.75, 3.05) is 32.7 Å². The van der Waals surface area contributed by atoms with Gasteiger partial charge in [0.25, 0.3) is 0 Å². The average molecular weight is 341 g/mol. The molecule has 4 nitrogen and oxygen atoms in total. The van der Waals surface area contributed by atoms with Gasteiger partial charge in [0.15, 0.2) is 0 Å². The highest BCUT2D eigenvalue weighted by atomic mass is 16.1. The Morgan fingerprint density at radius 3 is 2.36 bits per heavy atom. The molecule has 3 rings (SSSR count). The summed E-state index contributed by atoms with van der Waals surface area (Å²) in [6, 6.07) is 8.71. The molecule has 25 heavy (non-hydrogen) atoms. The molecule has 2 aliphatic rings. The van der Waals surface area contributed by atoms with Crippen LogP contribution < -0.4 is 5.32 Å². The van der Waals surface area contributed by atoms with Gasteiger partial charge in [-0.2, -0.15) is 0 Å². The normalized spacial score (nSPS) is 22.0. The van der Waals surface area contributed by atoms with E-state index in [1.54, 1.807) is 0 Å². The fraction of sp³-hybridized carbons (Fsp3) is 0.571. The lowest BCUT2D eigenvalue weighted by Gasteiger charge is -2.34.